The van der Waals surface area contributed by atoms with Crippen LogP contribution in [-0.4, -0.2) is 69.6 Å². The van der Waals surface area contributed by atoms with Crippen molar-refractivity contribution >= 4 is 46.6 Å². The molecule has 0 saturated heterocycles. The molecule has 0 spiro atoms. The second-order valence-corrected chi connectivity index (χ2v) is 13.3. The van der Waals surface area contributed by atoms with Crippen molar-refractivity contribution in [3.63, 3.8) is 0 Å². The first-order chi connectivity index (χ1) is 23.0. The molecule has 2 aromatic carbocycles. The van der Waals surface area contributed by atoms with Gasteiger partial charge < -0.3 is 41.8 Å². The minimum Gasteiger partial charge on any atom is -0.481 e. The van der Waals surface area contributed by atoms with Crippen molar-refractivity contribution in [2.75, 3.05) is 0 Å². The number of nitrogens with two attached hydrogens (primary N) is 1. The van der Waals surface area contributed by atoms with Gasteiger partial charge in [0.2, 0.25) is 23.6 Å². The topological polar surface area (TPSA) is 222 Å². The van der Waals surface area contributed by atoms with Gasteiger partial charge >= 0.3 is 12.1 Å². The molecule has 264 valence electrons. The summed E-state index contributed by atoms with van der Waals surface area (Å²) in [6.07, 6.45) is -1.11. The Labute approximate surface area is 284 Å². The number of aromatic amines is 1. The lowest BCUT2D eigenvalue weighted by molar-refractivity contribution is -0.139. The van der Waals surface area contributed by atoms with Gasteiger partial charge in [-0.3, -0.25) is 24.0 Å². The summed E-state index contributed by atoms with van der Waals surface area (Å²) in [7, 11) is 0. The van der Waals surface area contributed by atoms with Gasteiger partial charge in [0.25, 0.3) is 0 Å². The van der Waals surface area contributed by atoms with Crippen molar-refractivity contribution in [1.29, 1.82) is 0 Å². The number of para-hydroxylation sites is 1. The first kappa shape index (κ1) is 38.1. The highest BCUT2D eigenvalue weighted by Gasteiger charge is 2.33. The van der Waals surface area contributed by atoms with Gasteiger partial charge in [0.05, 0.1) is 6.42 Å². The number of rotatable bonds is 16. The number of fused-ring (bicyclic) bond motifs is 1. The van der Waals surface area contributed by atoms with Gasteiger partial charge in [-0.2, -0.15) is 0 Å². The molecule has 1 aromatic heterocycles. The number of carbonyl (C=O) groups excluding carboxylic acids is 5. The monoisotopic (exact) mass is 678 g/mol. The van der Waals surface area contributed by atoms with E-state index < -0.39 is 71.9 Å². The van der Waals surface area contributed by atoms with Crippen molar-refractivity contribution in [2.24, 2.45) is 17.6 Å². The molecule has 0 fully saturated rings. The van der Waals surface area contributed by atoms with Crippen LogP contribution in [0.5, 0.6) is 0 Å². The summed E-state index contributed by atoms with van der Waals surface area (Å²) in [6.45, 7) is 8.70. The van der Waals surface area contributed by atoms with Gasteiger partial charge in [-0.05, 0) is 56.7 Å². The van der Waals surface area contributed by atoms with Crippen LogP contribution in [0.1, 0.15) is 58.6 Å². The van der Waals surface area contributed by atoms with Crippen LogP contribution < -0.4 is 27.0 Å². The van der Waals surface area contributed by atoms with Crippen LogP contribution in [0.3, 0.4) is 0 Å². The third-order valence-corrected chi connectivity index (χ3v) is 7.40. The molecule has 0 bridgehead atoms. The van der Waals surface area contributed by atoms with Crippen molar-refractivity contribution in [2.45, 2.75) is 84.2 Å². The molecule has 5 amide bonds. The molecule has 3 rings (SSSR count). The number of H-pyrrole nitrogens is 1. The number of amides is 5. The van der Waals surface area contributed by atoms with Gasteiger partial charge in [0.15, 0.2) is 0 Å². The first-order valence-electron chi connectivity index (χ1n) is 16.0. The van der Waals surface area contributed by atoms with Crippen LogP contribution in [0.2, 0.25) is 0 Å². The number of nitrogens with one attached hydrogen (secondary N) is 5. The molecule has 8 N–H and O–H groups in total. The van der Waals surface area contributed by atoms with E-state index in [1.54, 1.807) is 57.3 Å². The molecular formula is C35H46N6O8. The van der Waals surface area contributed by atoms with Crippen molar-refractivity contribution in [3.8, 4) is 0 Å². The quantitative estimate of drug-likeness (QED) is 0.0879. The molecule has 0 aliphatic heterocycles. The van der Waals surface area contributed by atoms with Crippen LogP contribution in [0.25, 0.3) is 10.9 Å². The number of ether oxygens (including phenoxy) is 1. The van der Waals surface area contributed by atoms with E-state index in [1.807, 2.05) is 38.1 Å². The van der Waals surface area contributed by atoms with E-state index in [9.17, 15) is 33.9 Å². The number of aromatic nitrogens is 1. The SMILES string of the molecule is CC(C)C[C@H](NC(=O)[C@@H](Cc1c[nH]c2ccccc12)NC(=O)OC(C)(C)C)C(=O)N[C@H](CC(=O)O)NC(=O)C(Cc1ccccc1)C(N)=O. The minimum absolute atomic E-state index is 0.0375. The second kappa shape index (κ2) is 17.1. The number of hydrogen-bond acceptors (Lipinski definition) is 7. The van der Waals surface area contributed by atoms with Crippen LogP contribution in [-0.2, 0) is 41.6 Å². The van der Waals surface area contributed by atoms with Gasteiger partial charge in [-0.25, -0.2) is 4.79 Å². The normalized spacial score (nSPS) is 13.8. The van der Waals surface area contributed by atoms with E-state index in [4.69, 9.17) is 10.5 Å². The third kappa shape index (κ3) is 12.3. The van der Waals surface area contributed by atoms with Crippen molar-refractivity contribution in [1.82, 2.24) is 26.3 Å². The number of carbonyl (C=O) groups is 6. The lowest BCUT2D eigenvalue weighted by atomic mass is 9.97. The Hall–Kier alpha value is -5.40. The van der Waals surface area contributed by atoms with E-state index >= 15 is 0 Å². The van der Waals surface area contributed by atoms with Gasteiger partial charge in [-0.1, -0.05) is 62.4 Å². The number of carboxylic acids is 1. The summed E-state index contributed by atoms with van der Waals surface area (Å²) in [5, 5.41) is 20.6. The number of alkyl carbamates (subject to hydrolysis) is 1. The maximum atomic E-state index is 13.8. The summed E-state index contributed by atoms with van der Waals surface area (Å²) >= 11 is 0. The minimum atomic E-state index is -1.44. The molecule has 1 unspecified atom stereocenters. The fourth-order valence-electron chi connectivity index (χ4n) is 5.18. The predicted molar refractivity (Wildman–Crippen MR) is 182 cm³/mol. The highest BCUT2D eigenvalue weighted by Crippen LogP contribution is 2.20. The fraction of sp³-hybridized carbons (Fsp3) is 0.429. The van der Waals surface area contributed by atoms with E-state index in [1.165, 1.54) is 0 Å². The molecule has 49 heavy (non-hydrogen) atoms. The predicted octanol–water partition coefficient (Wildman–Crippen LogP) is 2.51. The van der Waals surface area contributed by atoms with E-state index in [2.05, 4.69) is 26.3 Å². The van der Waals surface area contributed by atoms with Crippen LogP contribution >= 0.6 is 0 Å². The number of carboxylic acid groups (broad SMARTS) is 1. The lowest BCUT2D eigenvalue weighted by Gasteiger charge is -2.27. The van der Waals surface area contributed by atoms with E-state index in [0.29, 0.717) is 5.56 Å². The molecule has 0 radical (unpaired) electrons. The fourth-order valence-corrected chi connectivity index (χ4v) is 5.18. The third-order valence-electron chi connectivity index (χ3n) is 7.40. The van der Waals surface area contributed by atoms with Gasteiger partial charge in [0.1, 0.15) is 29.8 Å². The number of aliphatic carboxylic acids is 1. The molecule has 4 atom stereocenters. The van der Waals surface area contributed by atoms with Crippen LogP contribution in [0.4, 0.5) is 4.79 Å². The second-order valence-electron chi connectivity index (χ2n) is 13.3. The molecule has 0 aliphatic carbocycles. The Morgan fingerprint density at radius 3 is 2.04 bits per heavy atom. The van der Waals surface area contributed by atoms with Crippen molar-refractivity contribution < 1.29 is 38.6 Å². The standard InChI is InChI=1S/C35H46N6O8/c1-20(2)15-26(33(47)41-28(18-29(42)43)40-31(45)24(30(36)44)16-21-11-7-6-8-12-21)38-32(46)27(39-34(48)49-35(3,4)5)17-22-19-37-25-14-10-9-13-23(22)25/h6-14,19-20,24,26-28,37H,15-18H2,1-5H3,(H2,36,44)(H,38,46)(H,39,48)(H,40,45)(H,41,47)(H,42,43)/t24?,26-,27+,28+/m0/s1. The Bertz CT molecular complexity index is 1630. The average Bonchev–Trinajstić information content (AvgIpc) is 3.40. The molecule has 0 saturated carbocycles. The molecular weight excluding hydrogens is 632 g/mol. The zero-order chi connectivity index (χ0) is 36.3. The van der Waals surface area contributed by atoms with E-state index in [-0.39, 0.29) is 25.2 Å². The molecule has 3 aromatic rings. The van der Waals surface area contributed by atoms with Crippen LogP contribution in [0, 0.1) is 11.8 Å². The Morgan fingerprint density at radius 1 is 0.816 bits per heavy atom. The summed E-state index contributed by atoms with van der Waals surface area (Å²) in [6, 6.07) is 13.7. The lowest BCUT2D eigenvalue weighted by Crippen LogP contribution is -2.59. The Morgan fingerprint density at radius 2 is 1.43 bits per heavy atom. The summed E-state index contributed by atoms with van der Waals surface area (Å²) in [4.78, 5) is 80.4. The highest BCUT2D eigenvalue weighted by atomic mass is 16.6. The molecule has 14 nitrogen and oxygen atoms in total. The summed E-state index contributed by atoms with van der Waals surface area (Å²) in [5.41, 5.74) is 6.89. The smallest absolute Gasteiger partial charge is 0.408 e. The van der Waals surface area contributed by atoms with Crippen molar-refractivity contribution in [3.05, 3.63) is 71.9 Å². The number of benzene rings is 2. The average molecular weight is 679 g/mol. The molecule has 1 heterocycles. The highest BCUT2D eigenvalue weighted by molar-refractivity contribution is 6.00. The Balaban J connectivity index is 1.82. The van der Waals surface area contributed by atoms with Crippen LogP contribution in [0.15, 0.2) is 60.8 Å². The zero-order valence-electron chi connectivity index (χ0n) is 28.4. The first-order valence-corrected chi connectivity index (χ1v) is 16.0. The number of primary amides is 1. The summed E-state index contributed by atoms with van der Waals surface area (Å²) < 4.78 is 5.40. The molecule has 0 aliphatic rings. The largest absolute Gasteiger partial charge is 0.481 e. The maximum absolute atomic E-state index is 13.8. The maximum Gasteiger partial charge on any atom is 0.408 e. The zero-order valence-corrected chi connectivity index (χ0v) is 28.4. The summed E-state index contributed by atoms with van der Waals surface area (Å²) in [5.74, 6) is -6.06. The van der Waals surface area contributed by atoms with Gasteiger partial charge in [0, 0.05) is 23.5 Å². The van der Waals surface area contributed by atoms with Gasteiger partial charge in [-0.15, -0.1) is 0 Å². The Kier molecular flexibility index (Phi) is 13.3. The molecule has 14 heteroatoms. The number of hydrogen-bond donors (Lipinski definition) is 7. The van der Waals surface area contributed by atoms with E-state index in [0.717, 1.165) is 16.5 Å².